The third kappa shape index (κ3) is 2.44. The van der Waals surface area contributed by atoms with Gasteiger partial charge in [-0.2, -0.15) is 5.10 Å². The van der Waals surface area contributed by atoms with Crippen molar-refractivity contribution in [2.45, 2.75) is 13.5 Å². The lowest BCUT2D eigenvalue weighted by atomic mass is 10.2. The van der Waals surface area contributed by atoms with E-state index >= 15 is 0 Å². The lowest BCUT2D eigenvalue weighted by molar-refractivity contribution is 0.617. The molecule has 1 aromatic heterocycles. The standard InChI is InChI=1S/C11H9BrClFN2/c1-7-10(13)6-16(15-7)5-8-2-3-11(14)9(12)4-8/h2-4,6H,5H2,1H3. The van der Waals surface area contributed by atoms with Gasteiger partial charge in [0, 0.05) is 6.20 Å². The van der Waals surface area contributed by atoms with Crippen molar-refractivity contribution in [3.8, 4) is 0 Å². The molecule has 2 aromatic rings. The van der Waals surface area contributed by atoms with E-state index < -0.39 is 0 Å². The fourth-order valence-corrected chi connectivity index (χ4v) is 1.98. The van der Waals surface area contributed by atoms with Gasteiger partial charge in [0.15, 0.2) is 0 Å². The van der Waals surface area contributed by atoms with E-state index in [9.17, 15) is 4.39 Å². The van der Waals surface area contributed by atoms with Crippen LogP contribution in [0.3, 0.4) is 0 Å². The summed E-state index contributed by atoms with van der Waals surface area (Å²) >= 11 is 9.05. The van der Waals surface area contributed by atoms with E-state index in [-0.39, 0.29) is 5.82 Å². The summed E-state index contributed by atoms with van der Waals surface area (Å²) in [6, 6.07) is 4.89. The van der Waals surface area contributed by atoms with E-state index in [2.05, 4.69) is 21.0 Å². The smallest absolute Gasteiger partial charge is 0.137 e. The molecule has 0 radical (unpaired) electrons. The van der Waals surface area contributed by atoms with Crippen LogP contribution in [-0.4, -0.2) is 9.78 Å². The maximum Gasteiger partial charge on any atom is 0.137 e. The second kappa shape index (κ2) is 4.55. The van der Waals surface area contributed by atoms with Gasteiger partial charge in [-0.3, -0.25) is 4.68 Å². The minimum atomic E-state index is -0.265. The number of aromatic nitrogens is 2. The van der Waals surface area contributed by atoms with E-state index in [4.69, 9.17) is 11.6 Å². The van der Waals surface area contributed by atoms with Gasteiger partial charge >= 0.3 is 0 Å². The van der Waals surface area contributed by atoms with E-state index in [0.717, 1.165) is 11.3 Å². The summed E-state index contributed by atoms with van der Waals surface area (Å²) in [6.45, 7) is 2.42. The molecule has 0 N–H and O–H groups in total. The molecular formula is C11H9BrClFN2. The molecule has 16 heavy (non-hydrogen) atoms. The highest BCUT2D eigenvalue weighted by Gasteiger charge is 2.04. The Morgan fingerprint density at radius 3 is 2.81 bits per heavy atom. The first-order chi connectivity index (χ1) is 7.56. The number of hydrogen-bond donors (Lipinski definition) is 0. The Morgan fingerprint density at radius 1 is 1.50 bits per heavy atom. The Hall–Kier alpha value is -0.870. The van der Waals surface area contributed by atoms with E-state index in [1.165, 1.54) is 6.07 Å². The van der Waals surface area contributed by atoms with E-state index in [1.54, 1.807) is 23.0 Å². The van der Waals surface area contributed by atoms with Gasteiger partial charge in [-0.15, -0.1) is 0 Å². The van der Waals surface area contributed by atoms with Crippen molar-refractivity contribution in [3.05, 3.63) is 51.0 Å². The maximum absolute atomic E-state index is 13.0. The van der Waals surface area contributed by atoms with Crippen LogP contribution in [0.15, 0.2) is 28.9 Å². The number of rotatable bonds is 2. The predicted octanol–water partition coefficient (Wildman–Crippen LogP) is 3.79. The van der Waals surface area contributed by atoms with Gasteiger partial charge in [-0.05, 0) is 40.5 Å². The number of benzene rings is 1. The first-order valence-corrected chi connectivity index (χ1v) is 5.87. The molecule has 1 heterocycles. The normalized spacial score (nSPS) is 10.8. The van der Waals surface area contributed by atoms with Crippen molar-refractivity contribution in [2.24, 2.45) is 0 Å². The number of hydrogen-bond acceptors (Lipinski definition) is 1. The molecule has 0 aliphatic rings. The van der Waals surface area contributed by atoms with Gasteiger partial charge in [0.25, 0.3) is 0 Å². The van der Waals surface area contributed by atoms with Crippen LogP contribution in [0.5, 0.6) is 0 Å². The molecular weight excluding hydrogens is 294 g/mol. The van der Waals surface area contributed by atoms with Crippen LogP contribution in [0.25, 0.3) is 0 Å². The Kier molecular flexibility index (Phi) is 3.30. The molecule has 5 heteroatoms. The average Bonchev–Trinajstić information content (AvgIpc) is 2.52. The molecule has 84 valence electrons. The minimum absolute atomic E-state index is 0.265. The van der Waals surface area contributed by atoms with E-state index in [1.807, 2.05) is 6.92 Å². The Balaban J connectivity index is 2.23. The third-order valence-corrected chi connectivity index (χ3v) is 3.19. The van der Waals surface area contributed by atoms with Crippen molar-refractivity contribution < 1.29 is 4.39 Å². The summed E-state index contributed by atoms with van der Waals surface area (Å²) in [7, 11) is 0. The Morgan fingerprint density at radius 2 is 2.25 bits per heavy atom. The molecule has 0 aliphatic heterocycles. The zero-order valence-corrected chi connectivity index (χ0v) is 10.9. The number of nitrogens with zero attached hydrogens (tertiary/aromatic N) is 2. The predicted molar refractivity (Wildman–Crippen MR) is 65.2 cm³/mol. The first-order valence-electron chi connectivity index (χ1n) is 4.70. The molecule has 1 aromatic carbocycles. The highest BCUT2D eigenvalue weighted by atomic mass is 79.9. The summed E-state index contributed by atoms with van der Waals surface area (Å²) < 4.78 is 15.2. The molecule has 0 saturated heterocycles. The number of halogens is 3. The molecule has 0 saturated carbocycles. The van der Waals surface area contributed by atoms with Crippen LogP contribution in [0.1, 0.15) is 11.3 Å². The van der Waals surface area contributed by atoms with Crippen LogP contribution < -0.4 is 0 Å². The van der Waals surface area contributed by atoms with Crippen LogP contribution in [0, 0.1) is 12.7 Å². The summed E-state index contributed by atoms with van der Waals surface area (Å²) in [5, 5.41) is 4.87. The van der Waals surface area contributed by atoms with Gasteiger partial charge in [-0.1, -0.05) is 17.7 Å². The average molecular weight is 304 g/mol. The quantitative estimate of drug-likeness (QED) is 0.825. The second-order valence-electron chi connectivity index (χ2n) is 3.51. The largest absolute Gasteiger partial charge is 0.267 e. The van der Waals surface area contributed by atoms with Gasteiger partial charge in [-0.25, -0.2) is 4.39 Å². The zero-order valence-electron chi connectivity index (χ0n) is 8.54. The molecule has 0 unspecified atom stereocenters. The second-order valence-corrected chi connectivity index (χ2v) is 4.77. The molecule has 0 amide bonds. The minimum Gasteiger partial charge on any atom is -0.267 e. The van der Waals surface area contributed by atoms with Gasteiger partial charge in [0.05, 0.1) is 21.7 Å². The van der Waals surface area contributed by atoms with Crippen molar-refractivity contribution in [3.63, 3.8) is 0 Å². The van der Waals surface area contributed by atoms with Gasteiger partial charge in [0.1, 0.15) is 5.82 Å². The molecule has 0 aliphatic carbocycles. The fraction of sp³-hybridized carbons (Fsp3) is 0.182. The number of aryl methyl sites for hydroxylation is 1. The molecule has 0 fully saturated rings. The Labute approximate surface area is 106 Å². The monoisotopic (exact) mass is 302 g/mol. The first kappa shape index (κ1) is 11.6. The summed E-state index contributed by atoms with van der Waals surface area (Å²) in [4.78, 5) is 0. The molecule has 2 nitrogen and oxygen atoms in total. The van der Waals surface area contributed by atoms with Crippen molar-refractivity contribution in [1.82, 2.24) is 9.78 Å². The molecule has 2 rings (SSSR count). The van der Waals surface area contributed by atoms with Crippen molar-refractivity contribution >= 4 is 27.5 Å². The van der Waals surface area contributed by atoms with Crippen molar-refractivity contribution in [1.29, 1.82) is 0 Å². The van der Waals surface area contributed by atoms with Crippen LogP contribution in [0.2, 0.25) is 5.02 Å². The lowest BCUT2D eigenvalue weighted by Gasteiger charge is -2.03. The Bertz CT molecular complexity index is 505. The summed E-state index contributed by atoms with van der Waals surface area (Å²) in [6.07, 6.45) is 1.76. The molecule has 0 spiro atoms. The van der Waals surface area contributed by atoms with Gasteiger partial charge in [0.2, 0.25) is 0 Å². The summed E-state index contributed by atoms with van der Waals surface area (Å²) in [5.41, 5.74) is 1.76. The topological polar surface area (TPSA) is 17.8 Å². The highest BCUT2D eigenvalue weighted by molar-refractivity contribution is 9.10. The van der Waals surface area contributed by atoms with E-state index in [0.29, 0.717) is 16.0 Å². The molecule has 0 bridgehead atoms. The van der Waals surface area contributed by atoms with Gasteiger partial charge < -0.3 is 0 Å². The van der Waals surface area contributed by atoms with Crippen LogP contribution in [0.4, 0.5) is 4.39 Å². The molecule has 0 atom stereocenters. The third-order valence-electron chi connectivity index (χ3n) is 2.22. The maximum atomic E-state index is 13.0. The SMILES string of the molecule is Cc1nn(Cc2ccc(F)c(Br)c2)cc1Cl. The summed E-state index contributed by atoms with van der Waals surface area (Å²) in [5.74, 6) is -0.265. The van der Waals surface area contributed by atoms with Crippen LogP contribution in [-0.2, 0) is 6.54 Å². The van der Waals surface area contributed by atoms with Crippen molar-refractivity contribution in [2.75, 3.05) is 0 Å². The highest BCUT2D eigenvalue weighted by Crippen LogP contribution is 2.18. The van der Waals surface area contributed by atoms with Crippen LogP contribution >= 0.6 is 27.5 Å². The lowest BCUT2D eigenvalue weighted by Crippen LogP contribution is -2.00. The fourth-order valence-electron chi connectivity index (χ4n) is 1.40. The zero-order chi connectivity index (χ0) is 11.7.